The highest BCUT2D eigenvalue weighted by atomic mass is 32.2. The summed E-state index contributed by atoms with van der Waals surface area (Å²) in [7, 11) is 0. The molecule has 6 rings (SSSR count). The lowest BCUT2D eigenvalue weighted by atomic mass is 10.0. The van der Waals surface area contributed by atoms with E-state index >= 15 is 0 Å². The van der Waals surface area contributed by atoms with Crippen molar-refractivity contribution in [2.45, 2.75) is 36.2 Å². The van der Waals surface area contributed by atoms with Crippen molar-refractivity contribution in [2.75, 3.05) is 13.1 Å². The number of hydrogen-bond donors (Lipinski definition) is 0. The lowest BCUT2D eigenvalue weighted by Crippen LogP contribution is -2.35. The molecule has 4 nitrogen and oxygen atoms in total. The van der Waals surface area contributed by atoms with Crippen molar-refractivity contribution in [1.29, 1.82) is 0 Å². The predicted octanol–water partition coefficient (Wildman–Crippen LogP) is 8.14. The Bertz CT molecular complexity index is 1650. The second kappa shape index (κ2) is 10.4. The molecular formula is C31H26F3N3OS. The summed E-state index contributed by atoms with van der Waals surface area (Å²) in [5.41, 5.74) is -0.340. The van der Waals surface area contributed by atoms with Crippen LogP contribution in [0, 0.1) is 0 Å². The standard InChI is InChI=1S/C31H26F3N3OS/c32-31(33,34)39-24-14-11-21(12-15-24)20-37-28-19-23(30(38)36-17-4-1-5-18-36)13-16-27(28)35-29(37)26-10-6-8-22-7-2-3-9-25(22)26/h2-3,6-16,19H,1,4-5,17-18,20H2. The van der Waals surface area contributed by atoms with Crippen molar-refractivity contribution >= 4 is 39.5 Å². The van der Waals surface area contributed by atoms with Crippen molar-refractivity contribution in [2.24, 2.45) is 0 Å². The Hall–Kier alpha value is -3.78. The van der Waals surface area contributed by atoms with Gasteiger partial charge in [-0.25, -0.2) is 4.98 Å². The Balaban J connectivity index is 1.46. The number of nitrogens with zero attached hydrogens (tertiary/aromatic N) is 3. The molecule has 198 valence electrons. The van der Waals surface area contributed by atoms with Crippen molar-refractivity contribution < 1.29 is 18.0 Å². The zero-order valence-electron chi connectivity index (χ0n) is 21.1. The molecule has 0 radical (unpaired) electrons. The van der Waals surface area contributed by atoms with E-state index in [9.17, 15) is 18.0 Å². The van der Waals surface area contributed by atoms with Crippen LogP contribution in [0.2, 0.25) is 0 Å². The molecule has 0 unspecified atom stereocenters. The van der Waals surface area contributed by atoms with Gasteiger partial charge >= 0.3 is 5.51 Å². The first-order valence-electron chi connectivity index (χ1n) is 13.0. The van der Waals surface area contributed by atoms with Gasteiger partial charge in [-0.05, 0) is 77.7 Å². The van der Waals surface area contributed by atoms with Gasteiger partial charge in [0.05, 0.1) is 11.0 Å². The van der Waals surface area contributed by atoms with E-state index in [4.69, 9.17) is 4.98 Å². The first-order valence-corrected chi connectivity index (χ1v) is 13.8. The highest BCUT2D eigenvalue weighted by Gasteiger charge is 2.29. The van der Waals surface area contributed by atoms with Crippen LogP contribution in [0.1, 0.15) is 35.2 Å². The van der Waals surface area contributed by atoms with E-state index in [0.29, 0.717) is 12.1 Å². The third-order valence-electron chi connectivity index (χ3n) is 7.17. The first-order chi connectivity index (χ1) is 18.9. The van der Waals surface area contributed by atoms with Crippen LogP contribution >= 0.6 is 11.8 Å². The molecule has 0 spiro atoms. The number of amides is 1. The smallest absolute Gasteiger partial charge is 0.339 e. The number of alkyl halides is 3. The Morgan fingerprint density at radius 3 is 2.38 bits per heavy atom. The average molecular weight is 546 g/mol. The van der Waals surface area contributed by atoms with Gasteiger partial charge in [0.1, 0.15) is 5.82 Å². The molecule has 1 aliphatic rings. The molecule has 0 aliphatic carbocycles. The zero-order valence-corrected chi connectivity index (χ0v) is 21.9. The number of benzene rings is 4. The molecular weight excluding hydrogens is 519 g/mol. The molecule has 8 heteroatoms. The number of imidazole rings is 1. The molecule has 1 aromatic heterocycles. The number of thioether (sulfide) groups is 1. The summed E-state index contributed by atoms with van der Waals surface area (Å²) >= 11 is -0.121. The van der Waals surface area contributed by atoms with Crippen molar-refractivity contribution in [3.63, 3.8) is 0 Å². The van der Waals surface area contributed by atoms with Crippen LogP contribution in [0.3, 0.4) is 0 Å². The molecule has 0 saturated carbocycles. The van der Waals surface area contributed by atoms with E-state index in [-0.39, 0.29) is 22.6 Å². The molecule has 4 aromatic carbocycles. The molecule has 2 heterocycles. The van der Waals surface area contributed by atoms with Crippen molar-refractivity contribution in [3.05, 3.63) is 96.1 Å². The highest BCUT2D eigenvalue weighted by Crippen LogP contribution is 2.37. The van der Waals surface area contributed by atoms with Gasteiger partial charge in [-0.1, -0.05) is 54.6 Å². The predicted molar refractivity (Wildman–Crippen MR) is 150 cm³/mol. The summed E-state index contributed by atoms with van der Waals surface area (Å²) in [6.45, 7) is 1.92. The maximum Gasteiger partial charge on any atom is 0.446 e. The van der Waals surface area contributed by atoms with Crippen LogP contribution in [-0.4, -0.2) is 39.0 Å². The minimum absolute atomic E-state index is 0.0181. The Kier molecular flexibility index (Phi) is 6.81. The summed E-state index contributed by atoms with van der Waals surface area (Å²) in [6.07, 6.45) is 3.17. The molecule has 1 aliphatic heterocycles. The van der Waals surface area contributed by atoms with Gasteiger partial charge in [-0.3, -0.25) is 4.79 Å². The van der Waals surface area contributed by atoms with Crippen LogP contribution in [-0.2, 0) is 6.54 Å². The van der Waals surface area contributed by atoms with E-state index in [1.807, 2.05) is 47.4 Å². The number of halogens is 3. The van der Waals surface area contributed by atoms with E-state index < -0.39 is 5.51 Å². The van der Waals surface area contributed by atoms with Crippen molar-refractivity contribution in [1.82, 2.24) is 14.5 Å². The van der Waals surface area contributed by atoms with Crippen LogP contribution in [0.4, 0.5) is 13.2 Å². The van der Waals surface area contributed by atoms with Gasteiger partial charge in [0.25, 0.3) is 5.91 Å². The number of fused-ring (bicyclic) bond motifs is 2. The minimum Gasteiger partial charge on any atom is -0.339 e. The molecule has 39 heavy (non-hydrogen) atoms. The van der Waals surface area contributed by atoms with Crippen LogP contribution < -0.4 is 0 Å². The maximum atomic E-state index is 13.3. The number of rotatable bonds is 5. The van der Waals surface area contributed by atoms with Gasteiger partial charge in [0.2, 0.25) is 0 Å². The monoisotopic (exact) mass is 545 g/mol. The summed E-state index contributed by atoms with van der Waals surface area (Å²) in [5, 5.41) is 2.14. The number of aromatic nitrogens is 2. The molecule has 0 N–H and O–H groups in total. The molecule has 1 amide bonds. The third kappa shape index (κ3) is 5.39. The third-order valence-corrected chi connectivity index (χ3v) is 7.91. The van der Waals surface area contributed by atoms with E-state index in [1.165, 1.54) is 12.1 Å². The number of hydrogen-bond acceptors (Lipinski definition) is 3. The zero-order chi connectivity index (χ0) is 27.0. The van der Waals surface area contributed by atoms with Crippen LogP contribution in [0.15, 0.2) is 89.8 Å². The molecule has 1 fully saturated rings. The van der Waals surface area contributed by atoms with Gasteiger partial charge in [-0.15, -0.1) is 0 Å². The normalized spacial score (nSPS) is 14.3. The fourth-order valence-corrected chi connectivity index (χ4v) is 5.84. The van der Waals surface area contributed by atoms with E-state index in [1.54, 1.807) is 12.1 Å². The topological polar surface area (TPSA) is 38.1 Å². The summed E-state index contributed by atoms with van der Waals surface area (Å²) in [4.78, 5) is 20.4. The first kappa shape index (κ1) is 25.5. The van der Waals surface area contributed by atoms with Crippen LogP contribution in [0.5, 0.6) is 0 Å². The summed E-state index contributed by atoms with van der Waals surface area (Å²) in [6, 6.07) is 26.2. The Morgan fingerprint density at radius 2 is 1.62 bits per heavy atom. The van der Waals surface area contributed by atoms with E-state index in [2.05, 4.69) is 22.8 Å². The number of likely N-dealkylation sites (tertiary alicyclic amines) is 1. The number of carbonyl (C=O) groups excluding carboxylic acids is 1. The Morgan fingerprint density at radius 1 is 0.872 bits per heavy atom. The lowest BCUT2D eigenvalue weighted by Gasteiger charge is -2.26. The lowest BCUT2D eigenvalue weighted by molar-refractivity contribution is -0.0328. The van der Waals surface area contributed by atoms with Gasteiger partial charge in [-0.2, -0.15) is 13.2 Å². The average Bonchev–Trinajstić information content (AvgIpc) is 3.30. The highest BCUT2D eigenvalue weighted by molar-refractivity contribution is 8.00. The minimum atomic E-state index is -4.33. The maximum absolute atomic E-state index is 13.3. The van der Waals surface area contributed by atoms with Gasteiger partial charge in [0.15, 0.2) is 0 Å². The van der Waals surface area contributed by atoms with Crippen molar-refractivity contribution in [3.8, 4) is 11.4 Å². The summed E-state index contributed by atoms with van der Waals surface area (Å²) < 4.78 is 40.6. The largest absolute Gasteiger partial charge is 0.446 e. The Labute approximate surface area is 228 Å². The fraction of sp³-hybridized carbons (Fsp3) is 0.226. The molecule has 1 saturated heterocycles. The molecule has 0 atom stereocenters. The van der Waals surface area contributed by atoms with Gasteiger partial charge in [0, 0.05) is 35.7 Å². The second-order valence-corrected chi connectivity index (χ2v) is 10.9. The second-order valence-electron chi connectivity index (χ2n) is 9.80. The van der Waals surface area contributed by atoms with E-state index in [0.717, 1.165) is 71.1 Å². The number of piperidine rings is 1. The number of carbonyl (C=O) groups is 1. The summed E-state index contributed by atoms with van der Waals surface area (Å²) in [5.74, 6) is 0.766. The molecule has 0 bridgehead atoms. The molecule has 5 aromatic rings. The fourth-order valence-electron chi connectivity index (χ4n) is 5.30. The quantitative estimate of drug-likeness (QED) is 0.209. The SMILES string of the molecule is O=C(c1ccc2nc(-c3cccc4ccccc34)n(Cc3ccc(SC(F)(F)F)cc3)c2c1)N1CCCCC1. The van der Waals surface area contributed by atoms with Crippen LogP contribution in [0.25, 0.3) is 33.2 Å². The van der Waals surface area contributed by atoms with Gasteiger partial charge < -0.3 is 9.47 Å².